The first-order chi connectivity index (χ1) is 17.1. The molecular weight excluding hydrogens is 456 g/mol. The maximum atomic E-state index is 13.6. The van der Waals surface area contributed by atoms with E-state index in [0.29, 0.717) is 22.3 Å². The van der Waals surface area contributed by atoms with Crippen LogP contribution in [-0.2, 0) is 0 Å². The number of rotatable bonds is 8. The Hall–Kier alpha value is -4.35. The lowest BCUT2D eigenvalue weighted by molar-refractivity contribution is 0.103. The second-order valence-corrected chi connectivity index (χ2v) is 8.60. The van der Waals surface area contributed by atoms with Gasteiger partial charge < -0.3 is 10.2 Å². The number of hydrogen-bond donors (Lipinski definition) is 2. The molecule has 4 aromatic carbocycles. The first-order valence-corrected chi connectivity index (χ1v) is 11.7. The van der Waals surface area contributed by atoms with Crippen molar-refractivity contribution in [2.45, 2.75) is 0 Å². The van der Waals surface area contributed by atoms with Gasteiger partial charge in [0, 0.05) is 22.3 Å². The fraction of sp³-hybridized carbons (Fsp3) is 0. The van der Waals surface area contributed by atoms with Crippen LogP contribution in [0.25, 0.3) is 11.5 Å². The lowest BCUT2D eigenvalue weighted by atomic mass is 10.1. The zero-order chi connectivity index (χ0) is 24.6. The van der Waals surface area contributed by atoms with Crippen molar-refractivity contribution in [3.05, 3.63) is 153 Å². The van der Waals surface area contributed by atoms with Crippen LogP contribution < -0.4 is 0 Å². The van der Waals surface area contributed by atoms with E-state index in [2.05, 4.69) is 0 Å². The summed E-state index contributed by atoms with van der Waals surface area (Å²) in [7, 11) is 0. The first kappa shape index (κ1) is 23.8. The van der Waals surface area contributed by atoms with E-state index < -0.39 is 11.6 Å². The number of hydrogen-bond acceptors (Lipinski definition) is 5. The molecule has 0 saturated carbocycles. The minimum Gasteiger partial charge on any atom is -0.506 e. The zero-order valence-corrected chi connectivity index (χ0v) is 19.5. The minimum absolute atomic E-state index is 0.0656. The molecule has 0 bridgehead atoms. The van der Waals surface area contributed by atoms with E-state index in [1.54, 1.807) is 121 Å². The van der Waals surface area contributed by atoms with Crippen LogP contribution in [0, 0.1) is 0 Å². The van der Waals surface area contributed by atoms with Crippen LogP contribution >= 0.6 is 11.8 Å². The van der Waals surface area contributed by atoms with E-state index in [9.17, 15) is 19.8 Å². The number of thioether (sulfide) groups is 1. The molecule has 0 aromatic heterocycles. The molecule has 0 saturated heterocycles. The molecule has 4 nitrogen and oxygen atoms in total. The number of allylic oxidation sites excluding steroid dienone is 2. The third kappa shape index (κ3) is 5.60. The standard InChI is InChI=1S/C30H22O4S/c31-25(21-13-5-1-6-14-21)29(26(32)22-15-7-2-8-16-22)35-30(27(33)23-17-9-3-10-18-23)28(34)24-19-11-4-12-20-24/h1-20,31,33H/b29-25+,30-27+. The smallest absolute Gasteiger partial charge is 0.203 e. The molecule has 0 radical (unpaired) electrons. The Labute approximate surface area is 207 Å². The highest BCUT2D eigenvalue weighted by Gasteiger charge is 2.27. The molecule has 0 heterocycles. The van der Waals surface area contributed by atoms with Crippen LogP contribution in [0.4, 0.5) is 0 Å². The Balaban J connectivity index is 1.89. The molecule has 172 valence electrons. The third-order valence-corrected chi connectivity index (χ3v) is 6.38. The minimum atomic E-state index is -0.462. The topological polar surface area (TPSA) is 74.6 Å². The molecule has 5 heteroatoms. The zero-order valence-electron chi connectivity index (χ0n) is 18.7. The maximum absolute atomic E-state index is 13.6. The van der Waals surface area contributed by atoms with E-state index in [-0.39, 0.29) is 21.3 Å². The molecule has 2 N–H and O–H groups in total. The second kappa shape index (κ2) is 11.2. The quantitative estimate of drug-likeness (QED) is 0.157. The number of carbonyl (C=O) groups excluding carboxylic acids is 2. The van der Waals surface area contributed by atoms with Crippen molar-refractivity contribution in [2.24, 2.45) is 0 Å². The number of Topliss-reactive ketones (excluding diaryl/α,β-unsaturated/α-hetero) is 2. The van der Waals surface area contributed by atoms with Gasteiger partial charge in [0.15, 0.2) is 0 Å². The van der Waals surface area contributed by atoms with Crippen LogP contribution in [0.5, 0.6) is 0 Å². The molecule has 0 aliphatic rings. The maximum Gasteiger partial charge on any atom is 0.203 e. The van der Waals surface area contributed by atoms with Gasteiger partial charge in [-0.05, 0) is 0 Å². The molecule has 4 rings (SSSR count). The van der Waals surface area contributed by atoms with Gasteiger partial charge >= 0.3 is 0 Å². The van der Waals surface area contributed by atoms with Crippen molar-refractivity contribution >= 4 is 34.8 Å². The summed E-state index contributed by atoms with van der Waals surface area (Å²) in [6.07, 6.45) is 0. The van der Waals surface area contributed by atoms with Gasteiger partial charge in [0.1, 0.15) is 21.3 Å². The van der Waals surface area contributed by atoms with Gasteiger partial charge in [0.2, 0.25) is 11.6 Å². The number of aliphatic hydroxyl groups is 2. The molecule has 0 aliphatic carbocycles. The molecule has 0 unspecified atom stereocenters. The number of carbonyl (C=O) groups is 2. The summed E-state index contributed by atoms with van der Waals surface area (Å²) in [5, 5.41) is 22.4. The van der Waals surface area contributed by atoms with Gasteiger partial charge in [-0.2, -0.15) is 0 Å². The van der Waals surface area contributed by atoms with Crippen LogP contribution in [0.1, 0.15) is 31.8 Å². The van der Waals surface area contributed by atoms with Crippen LogP contribution in [0.15, 0.2) is 131 Å². The lowest BCUT2D eigenvalue weighted by Gasteiger charge is -2.14. The van der Waals surface area contributed by atoms with Crippen molar-refractivity contribution < 1.29 is 19.8 Å². The number of benzene rings is 4. The highest BCUT2D eigenvalue weighted by atomic mass is 32.2. The normalized spacial score (nSPS) is 12.3. The van der Waals surface area contributed by atoms with Crippen molar-refractivity contribution in [1.29, 1.82) is 0 Å². The summed E-state index contributed by atoms with van der Waals surface area (Å²) in [6.45, 7) is 0. The molecule has 0 spiro atoms. The summed E-state index contributed by atoms with van der Waals surface area (Å²) >= 11 is 0.762. The summed E-state index contributed by atoms with van der Waals surface area (Å²) in [5.41, 5.74) is 1.54. The van der Waals surface area contributed by atoms with Gasteiger partial charge in [0.25, 0.3) is 0 Å². The molecule has 0 amide bonds. The molecule has 0 fully saturated rings. The SMILES string of the molecule is O=C(/C(S/C(C(=O)c1ccccc1)=C(/O)c1ccccc1)=C(\O)c1ccccc1)c1ccccc1. The van der Waals surface area contributed by atoms with E-state index in [4.69, 9.17) is 0 Å². The fourth-order valence-corrected chi connectivity index (χ4v) is 4.46. The average Bonchev–Trinajstić information content (AvgIpc) is 2.94. The average molecular weight is 479 g/mol. The van der Waals surface area contributed by atoms with Crippen molar-refractivity contribution in [3.8, 4) is 0 Å². The fourth-order valence-electron chi connectivity index (χ4n) is 3.40. The third-order valence-electron chi connectivity index (χ3n) is 5.21. The Kier molecular flexibility index (Phi) is 7.60. The summed E-state index contributed by atoms with van der Waals surface area (Å²) < 4.78 is 0. The summed E-state index contributed by atoms with van der Waals surface area (Å²) in [5.74, 6) is -1.47. The molecule has 0 aliphatic heterocycles. The summed E-state index contributed by atoms with van der Waals surface area (Å²) in [6, 6.07) is 34.3. The largest absolute Gasteiger partial charge is 0.506 e. The lowest BCUT2D eigenvalue weighted by Crippen LogP contribution is -2.09. The molecule has 0 atom stereocenters. The molecular formula is C30H22O4S. The van der Waals surface area contributed by atoms with Gasteiger partial charge in [-0.25, -0.2) is 0 Å². The van der Waals surface area contributed by atoms with E-state index >= 15 is 0 Å². The second-order valence-electron chi connectivity index (χ2n) is 7.58. The monoisotopic (exact) mass is 478 g/mol. The van der Waals surface area contributed by atoms with Crippen LogP contribution in [0.3, 0.4) is 0 Å². The van der Waals surface area contributed by atoms with Gasteiger partial charge in [-0.1, -0.05) is 133 Å². The van der Waals surface area contributed by atoms with Gasteiger partial charge in [0.05, 0.1) is 0 Å². The van der Waals surface area contributed by atoms with E-state index in [0.717, 1.165) is 11.8 Å². The highest BCUT2D eigenvalue weighted by molar-refractivity contribution is 8.08. The molecule has 35 heavy (non-hydrogen) atoms. The van der Waals surface area contributed by atoms with E-state index in [1.165, 1.54) is 0 Å². The Morgan fingerprint density at radius 3 is 0.971 bits per heavy atom. The highest BCUT2D eigenvalue weighted by Crippen LogP contribution is 2.38. The predicted molar refractivity (Wildman–Crippen MR) is 141 cm³/mol. The van der Waals surface area contributed by atoms with Gasteiger partial charge in [-0.15, -0.1) is 0 Å². The first-order valence-electron chi connectivity index (χ1n) is 10.9. The van der Waals surface area contributed by atoms with Gasteiger partial charge in [-0.3, -0.25) is 9.59 Å². The predicted octanol–water partition coefficient (Wildman–Crippen LogP) is 7.34. The number of aliphatic hydroxyl groups excluding tert-OH is 2. The van der Waals surface area contributed by atoms with Crippen molar-refractivity contribution in [3.63, 3.8) is 0 Å². The Bertz CT molecular complexity index is 1270. The van der Waals surface area contributed by atoms with Crippen molar-refractivity contribution in [2.75, 3.05) is 0 Å². The number of ketones is 2. The van der Waals surface area contributed by atoms with Crippen LogP contribution in [-0.4, -0.2) is 21.8 Å². The van der Waals surface area contributed by atoms with E-state index in [1.807, 2.05) is 0 Å². The Morgan fingerprint density at radius 2 is 0.686 bits per heavy atom. The van der Waals surface area contributed by atoms with Crippen LogP contribution in [0.2, 0.25) is 0 Å². The molecule has 4 aromatic rings. The Morgan fingerprint density at radius 1 is 0.429 bits per heavy atom. The summed E-state index contributed by atoms with van der Waals surface area (Å²) in [4.78, 5) is 27.0. The van der Waals surface area contributed by atoms with Crippen molar-refractivity contribution in [1.82, 2.24) is 0 Å².